The van der Waals surface area contributed by atoms with Gasteiger partial charge in [0.15, 0.2) is 0 Å². The molecular weight excluding hydrogens is 363 g/mol. The maximum atomic E-state index is 11.7. The van der Waals surface area contributed by atoms with Crippen LogP contribution in [0.3, 0.4) is 0 Å². The van der Waals surface area contributed by atoms with E-state index in [1.807, 2.05) is 20.8 Å². The molecule has 27 heavy (non-hydrogen) atoms. The van der Waals surface area contributed by atoms with Gasteiger partial charge in [0.1, 0.15) is 0 Å². The molecule has 1 fully saturated rings. The number of rotatable bonds is 10. The second kappa shape index (κ2) is 16.3. The molecule has 0 radical (unpaired) electrons. The topological polar surface area (TPSA) is 76.7 Å². The summed E-state index contributed by atoms with van der Waals surface area (Å²) in [6.45, 7) is 9.29. The molecule has 0 aromatic heterocycles. The van der Waals surface area contributed by atoms with E-state index in [2.05, 4.69) is 17.3 Å². The van der Waals surface area contributed by atoms with Gasteiger partial charge in [-0.3, -0.25) is 9.59 Å². The van der Waals surface area contributed by atoms with Gasteiger partial charge in [-0.15, -0.1) is 0 Å². The van der Waals surface area contributed by atoms with E-state index in [9.17, 15) is 9.59 Å². The van der Waals surface area contributed by atoms with Gasteiger partial charge in [-0.2, -0.15) is 0 Å². The van der Waals surface area contributed by atoms with Crippen molar-refractivity contribution >= 4 is 20.0 Å². The second-order valence-corrected chi connectivity index (χ2v) is 9.57. The Balaban J connectivity index is 0.000000821. The molecule has 0 saturated heterocycles. The van der Waals surface area contributed by atoms with Crippen LogP contribution in [0.4, 0.5) is 0 Å². The summed E-state index contributed by atoms with van der Waals surface area (Å²) >= 11 is 0. The fraction of sp³-hybridized carbons (Fsp3) is 0.900. The van der Waals surface area contributed by atoms with Crippen molar-refractivity contribution in [2.75, 3.05) is 40.1 Å². The van der Waals surface area contributed by atoms with Gasteiger partial charge < -0.3 is 19.9 Å². The van der Waals surface area contributed by atoms with Crippen molar-refractivity contribution in [3.05, 3.63) is 0 Å². The number of amides is 2. The Morgan fingerprint density at radius 3 is 2.26 bits per heavy atom. The van der Waals surface area contributed by atoms with Gasteiger partial charge in [0, 0.05) is 47.5 Å². The standard InChI is InChI=1S/C15H30NO3P.C5H11NO/c1-13(19-12-14-7-5-4-6-8-14)11-15(17)16-9-10-20(3)18-2;1-4(2)5(7)6-3/h13-14H,4-12H2,1-3H3,(H,16,17);4H,1-3H3,(H,6,7). The van der Waals surface area contributed by atoms with E-state index >= 15 is 0 Å². The molecule has 0 heterocycles. The van der Waals surface area contributed by atoms with Crippen LogP contribution in [0.25, 0.3) is 0 Å². The summed E-state index contributed by atoms with van der Waals surface area (Å²) < 4.78 is 11.0. The smallest absolute Gasteiger partial charge is 0.222 e. The summed E-state index contributed by atoms with van der Waals surface area (Å²) in [7, 11) is 2.97. The first kappa shape index (κ1) is 26.3. The molecule has 2 N–H and O–H groups in total. The zero-order valence-corrected chi connectivity index (χ0v) is 19.1. The quantitative estimate of drug-likeness (QED) is 0.546. The molecular formula is C20H41N2O4P. The number of ether oxygens (including phenoxy) is 1. The fourth-order valence-corrected chi connectivity index (χ4v) is 3.39. The highest BCUT2D eigenvalue weighted by atomic mass is 31.1. The maximum Gasteiger partial charge on any atom is 0.222 e. The highest BCUT2D eigenvalue weighted by Crippen LogP contribution is 2.28. The third kappa shape index (κ3) is 15.0. The summed E-state index contributed by atoms with van der Waals surface area (Å²) in [4.78, 5) is 22.2. The lowest BCUT2D eigenvalue weighted by Crippen LogP contribution is -2.30. The molecule has 1 aliphatic carbocycles. The molecule has 2 amide bonds. The molecule has 7 heteroatoms. The maximum absolute atomic E-state index is 11.7. The third-order valence-corrected chi connectivity index (χ3v) is 6.12. The summed E-state index contributed by atoms with van der Waals surface area (Å²) in [5.41, 5.74) is 0. The molecule has 0 bridgehead atoms. The average Bonchev–Trinajstić information content (AvgIpc) is 2.66. The molecule has 2 atom stereocenters. The van der Waals surface area contributed by atoms with Gasteiger partial charge in [0.2, 0.25) is 11.8 Å². The van der Waals surface area contributed by atoms with Gasteiger partial charge in [0.25, 0.3) is 0 Å². The molecule has 0 aliphatic heterocycles. The van der Waals surface area contributed by atoms with Crippen LogP contribution in [0.2, 0.25) is 0 Å². The van der Waals surface area contributed by atoms with Gasteiger partial charge in [0.05, 0.1) is 12.5 Å². The first-order valence-corrected chi connectivity index (χ1v) is 12.0. The van der Waals surface area contributed by atoms with Gasteiger partial charge in [-0.1, -0.05) is 33.1 Å². The van der Waals surface area contributed by atoms with E-state index in [4.69, 9.17) is 9.26 Å². The van der Waals surface area contributed by atoms with E-state index in [0.717, 1.165) is 12.8 Å². The van der Waals surface area contributed by atoms with Crippen LogP contribution in [0.15, 0.2) is 0 Å². The molecule has 1 aliphatic rings. The number of nitrogens with one attached hydrogen (secondary N) is 2. The van der Waals surface area contributed by atoms with Crippen LogP contribution >= 0.6 is 8.15 Å². The number of hydrogen-bond acceptors (Lipinski definition) is 4. The highest BCUT2D eigenvalue weighted by Gasteiger charge is 2.16. The Labute approximate surface area is 167 Å². The lowest BCUT2D eigenvalue weighted by molar-refractivity contribution is -0.124. The van der Waals surface area contributed by atoms with Crippen LogP contribution in [0, 0.1) is 11.8 Å². The lowest BCUT2D eigenvalue weighted by atomic mass is 9.90. The Kier molecular flexibility index (Phi) is 15.8. The number of hydrogen-bond donors (Lipinski definition) is 2. The predicted octanol–water partition coefficient (Wildman–Crippen LogP) is 3.54. The first-order valence-electron chi connectivity index (χ1n) is 10.1. The lowest BCUT2D eigenvalue weighted by Gasteiger charge is -2.23. The minimum absolute atomic E-state index is 0.0162. The summed E-state index contributed by atoms with van der Waals surface area (Å²) in [5, 5.41) is 5.46. The van der Waals surface area contributed by atoms with Crippen LogP contribution in [0.1, 0.15) is 59.3 Å². The molecule has 160 valence electrons. The van der Waals surface area contributed by atoms with Gasteiger partial charge in [-0.25, -0.2) is 0 Å². The molecule has 0 aromatic carbocycles. The van der Waals surface area contributed by atoms with Crippen LogP contribution in [-0.4, -0.2) is 58.1 Å². The molecule has 2 unspecified atom stereocenters. The van der Waals surface area contributed by atoms with E-state index in [1.165, 1.54) is 32.1 Å². The third-order valence-electron chi connectivity index (χ3n) is 4.65. The Morgan fingerprint density at radius 2 is 1.78 bits per heavy atom. The first-order chi connectivity index (χ1) is 12.8. The molecule has 1 saturated carbocycles. The molecule has 0 aromatic rings. The Hall–Kier alpha value is -0.710. The number of carbonyl (C=O) groups is 2. The second-order valence-electron chi connectivity index (χ2n) is 7.51. The largest absolute Gasteiger partial charge is 0.378 e. The summed E-state index contributed by atoms with van der Waals surface area (Å²) in [6.07, 6.45) is 8.01. The van der Waals surface area contributed by atoms with Crippen molar-refractivity contribution in [1.29, 1.82) is 0 Å². The zero-order chi connectivity index (χ0) is 20.7. The van der Waals surface area contributed by atoms with Crippen molar-refractivity contribution in [3.63, 3.8) is 0 Å². The van der Waals surface area contributed by atoms with Crippen molar-refractivity contribution in [3.8, 4) is 0 Å². The molecule has 1 rings (SSSR count). The van der Waals surface area contributed by atoms with Crippen LogP contribution in [0.5, 0.6) is 0 Å². The molecule has 0 spiro atoms. The van der Waals surface area contributed by atoms with E-state index in [-0.39, 0.29) is 23.8 Å². The summed E-state index contributed by atoms with van der Waals surface area (Å²) in [6, 6.07) is 0. The minimum Gasteiger partial charge on any atom is -0.378 e. The summed E-state index contributed by atoms with van der Waals surface area (Å²) in [5.74, 6) is 1.00. The SMILES string of the molecule is CNC(=O)C(C)C.COP(C)CCNC(=O)CC(C)OCC1CCCCC1. The number of carbonyl (C=O) groups excluding carboxylic acids is 2. The minimum atomic E-state index is -0.391. The van der Waals surface area contributed by atoms with E-state index in [0.29, 0.717) is 18.9 Å². The van der Waals surface area contributed by atoms with Crippen molar-refractivity contribution in [2.24, 2.45) is 11.8 Å². The molecule has 6 nitrogen and oxygen atoms in total. The van der Waals surface area contributed by atoms with Gasteiger partial charge >= 0.3 is 0 Å². The van der Waals surface area contributed by atoms with Gasteiger partial charge in [-0.05, 0) is 32.3 Å². The van der Waals surface area contributed by atoms with Crippen LogP contribution in [-0.2, 0) is 18.8 Å². The zero-order valence-electron chi connectivity index (χ0n) is 18.2. The highest BCUT2D eigenvalue weighted by molar-refractivity contribution is 7.51. The van der Waals surface area contributed by atoms with Crippen LogP contribution < -0.4 is 10.6 Å². The van der Waals surface area contributed by atoms with E-state index in [1.54, 1.807) is 14.2 Å². The van der Waals surface area contributed by atoms with Crippen molar-refractivity contribution < 1.29 is 18.8 Å². The normalized spacial score (nSPS) is 16.9. The Morgan fingerprint density at radius 1 is 1.15 bits per heavy atom. The average molecular weight is 405 g/mol. The van der Waals surface area contributed by atoms with E-state index < -0.39 is 8.15 Å². The predicted molar refractivity (Wildman–Crippen MR) is 113 cm³/mol. The fourth-order valence-electron chi connectivity index (χ4n) is 2.78. The van der Waals surface area contributed by atoms with Crippen molar-refractivity contribution in [2.45, 2.75) is 65.4 Å². The van der Waals surface area contributed by atoms with Crippen molar-refractivity contribution in [1.82, 2.24) is 10.6 Å². The Bertz CT molecular complexity index is 401. The monoisotopic (exact) mass is 404 g/mol.